The van der Waals surface area contributed by atoms with Crippen molar-refractivity contribution in [3.05, 3.63) is 33.4 Å². The Kier molecular flexibility index (Phi) is 12.6. The summed E-state index contributed by atoms with van der Waals surface area (Å²) in [5.41, 5.74) is -0.715. The number of nitrogens with one attached hydrogen (secondary N) is 1. The Balaban J connectivity index is 2.86. The number of alkyl halides is 1. The Morgan fingerprint density at radius 3 is 2.17 bits per heavy atom. The van der Waals surface area contributed by atoms with E-state index in [9.17, 15) is 23.9 Å². The molecule has 0 bridgehead atoms. The van der Waals surface area contributed by atoms with E-state index in [1.165, 1.54) is 7.11 Å². The zero-order valence-electron chi connectivity index (χ0n) is 21.5. The van der Waals surface area contributed by atoms with Crippen molar-refractivity contribution in [1.82, 2.24) is 5.32 Å². The van der Waals surface area contributed by atoms with E-state index in [-0.39, 0.29) is 25.8 Å². The maximum Gasteiger partial charge on any atom is 0.306 e. The van der Waals surface area contributed by atoms with Gasteiger partial charge >= 0.3 is 11.9 Å². The van der Waals surface area contributed by atoms with E-state index >= 15 is 0 Å². The lowest BCUT2D eigenvalue weighted by atomic mass is 9.77. The molecule has 7 nitrogen and oxygen atoms in total. The highest BCUT2D eigenvalue weighted by molar-refractivity contribution is 14.1. The summed E-state index contributed by atoms with van der Waals surface area (Å²) in [7, 11) is 1.22. The summed E-state index contributed by atoms with van der Waals surface area (Å²) < 4.78 is 24.7. The molecular weight excluding hydrogens is 568 g/mol. The summed E-state index contributed by atoms with van der Waals surface area (Å²) in [6, 6.07) is 7.83. The molecule has 35 heavy (non-hydrogen) atoms. The summed E-state index contributed by atoms with van der Waals surface area (Å²) in [4.78, 5) is 37.0. The highest BCUT2D eigenvalue weighted by atomic mass is 127. The minimum atomic E-state index is -1.05. The van der Waals surface area contributed by atoms with Crippen LogP contribution in [-0.2, 0) is 30.3 Å². The number of amides is 1. The van der Waals surface area contributed by atoms with Gasteiger partial charge in [0.2, 0.25) is 5.91 Å². The third kappa shape index (κ3) is 11.7. The first-order valence-corrected chi connectivity index (χ1v) is 12.8. The van der Waals surface area contributed by atoms with Crippen LogP contribution in [0.5, 0.6) is 0 Å². The van der Waals surface area contributed by atoms with Crippen molar-refractivity contribution >= 4 is 40.4 Å². The van der Waals surface area contributed by atoms with Crippen LogP contribution >= 0.6 is 22.6 Å². The fraction of sp³-hybridized carbons (Fsp3) is 0.654. The number of ether oxygens (including phenoxy) is 2. The van der Waals surface area contributed by atoms with Gasteiger partial charge in [0.15, 0.2) is 0 Å². The molecule has 0 spiro atoms. The van der Waals surface area contributed by atoms with E-state index < -0.39 is 53.5 Å². The minimum absolute atomic E-state index is 0.0260. The number of hydrogen-bond donors (Lipinski definition) is 2. The number of aliphatic hydroxyl groups is 1. The van der Waals surface area contributed by atoms with Crippen LogP contribution in [0.3, 0.4) is 0 Å². The van der Waals surface area contributed by atoms with E-state index in [2.05, 4.69) is 32.6 Å². The number of benzene rings is 1. The number of rotatable bonds is 13. The second-order valence-electron chi connectivity index (χ2n) is 10.5. The van der Waals surface area contributed by atoms with Crippen LogP contribution in [-0.4, -0.2) is 55.0 Å². The first-order valence-electron chi connectivity index (χ1n) is 11.7. The zero-order chi connectivity index (χ0) is 26.8. The van der Waals surface area contributed by atoms with Gasteiger partial charge in [-0.25, -0.2) is 0 Å². The molecule has 0 saturated heterocycles. The van der Waals surface area contributed by atoms with Gasteiger partial charge < -0.3 is 19.9 Å². The van der Waals surface area contributed by atoms with Crippen molar-refractivity contribution in [3.63, 3.8) is 0 Å². The molecule has 1 rings (SSSR count). The molecule has 9 heteroatoms. The number of aliphatic hydroxyl groups excluding tert-OH is 1. The van der Waals surface area contributed by atoms with Gasteiger partial charge in [0.05, 0.1) is 38.6 Å². The highest BCUT2D eigenvalue weighted by Gasteiger charge is 2.37. The molecule has 198 valence electrons. The summed E-state index contributed by atoms with van der Waals surface area (Å²) in [6.07, 6.45) is -0.459. The molecule has 0 radical (unpaired) electrons. The van der Waals surface area contributed by atoms with Crippen LogP contribution in [0.2, 0.25) is 0 Å². The van der Waals surface area contributed by atoms with Crippen LogP contribution < -0.4 is 5.32 Å². The lowest BCUT2D eigenvalue weighted by Gasteiger charge is -2.30. The summed E-state index contributed by atoms with van der Waals surface area (Å²) in [5.74, 6) is -2.82. The summed E-state index contributed by atoms with van der Waals surface area (Å²) in [6.45, 7) is 7.84. The van der Waals surface area contributed by atoms with E-state index in [1.807, 2.05) is 24.3 Å². The van der Waals surface area contributed by atoms with Gasteiger partial charge in [0.1, 0.15) is 5.60 Å². The van der Waals surface area contributed by atoms with E-state index in [4.69, 9.17) is 4.74 Å². The Hall–Kier alpha value is -1.75. The fourth-order valence-corrected chi connectivity index (χ4v) is 3.99. The molecule has 0 aliphatic carbocycles. The van der Waals surface area contributed by atoms with Crippen LogP contribution in [0.1, 0.15) is 59.4 Å². The van der Waals surface area contributed by atoms with E-state index in [0.29, 0.717) is 6.42 Å². The van der Waals surface area contributed by atoms with Crippen LogP contribution in [0.4, 0.5) is 4.39 Å². The predicted molar refractivity (Wildman–Crippen MR) is 140 cm³/mol. The van der Waals surface area contributed by atoms with Crippen LogP contribution in [0.25, 0.3) is 0 Å². The Labute approximate surface area is 221 Å². The van der Waals surface area contributed by atoms with Crippen molar-refractivity contribution < 1.29 is 33.4 Å². The van der Waals surface area contributed by atoms with Crippen molar-refractivity contribution in [2.75, 3.05) is 20.3 Å². The van der Waals surface area contributed by atoms with Gasteiger partial charge in [-0.3, -0.25) is 18.8 Å². The van der Waals surface area contributed by atoms with E-state index in [1.54, 1.807) is 34.6 Å². The molecule has 3 atom stereocenters. The van der Waals surface area contributed by atoms with Gasteiger partial charge in [0.25, 0.3) is 0 Å². The molecule has 1 amide bonds. The Morgan fingerprint density at radius 2 is 1.66 bits per heavy atom. The number of halogens is 2. The summed E-state index contributed by atoms with van der Waals surface area (Å²) in [5, 5.41) is 13.6. The molecule has 0 aliphatic heterocycles. The summed E-state index contributed by atoms with van der Waals surface area (Å²) >= 11 is 2.21. The first kappa shape index (κ1) is 31.3. The molecular formula is C26H39FINO6. The monoisotopic (exact) mass is 607 g/mol. The van der Waals surface area contributed by atoms with Crippen LogP contribution in [0, 0.1) is 20.8 Å². The van der Waals surface area contributed by atoms with Gasteiger partial charge in [-0.1, -0.05) is 26.0 Å². The number of methoxy groups -OCH3 is 1. The Morgan fingerprint density at radius 1 is 1.06 bits per heavy atom. The average Bonchev–Trinajstić information content (AvgIpc) is 2.76. The van der Waals surface area contributed by atoms with E-state index in [0.717, 1.165) is 9.13 Å². The lowest BCUT2D eigenvalue weighted by Crippen LogP contribution is -2.43. The second kappa shape index (κ2) is 14.1. The molecule has 1 aromatic rings. The topological polar surface area (TPSA) is 102 Å². The molecule has 0 unspecified atom stereocenters. The third-order valence-corrected chi connectivity index (χ3v) is 6.47. The average molecular weight is 608 g/mol. The molecule has 0 saturated carbocycles. The normalized spacial score (nSPS) is 14.5. The smallest absolute Gasteiger partial charge is 0.306 e. The molecule has 0 aliphatic rings. The predicted octanol–water partition coefficient (Wildman–Crippen LogP) is 4.22. The maximum absolute atomic E-state index is 13.5. The van der Waals surface area contributed by atoms with Gasteiger partial charge in [-0.2, -0.15) is 0 Å². The maximum atomic E-state index is 13.5. The van der Waals surface area contributed by atoms with Gasteiger partial charge in [-0.05, 0) is 79.8 Å². The second-order valence-corrected chi connectivity index (χ2v) is 11.7. The molecule has 0 fully saturated rings. The number of carbonyl (C=O) groups excluding carboxylic acids is 3. The Bertz CT molecular complexity index is 837. The largest absolute Gasteiger partial charge is 0.469 e. The fourth-order valence-electron chi connectivity index (χ4n) is 3.63. The number of carbonyl (C=O) groups is 3. The zero-order valence-corrected chi connectivity index (χ0v) is 23.7. The number of hydrogen-bond acceptors (Lipinski definition) is 6. The molecule has 0 heterocycles. The van der Waals surface area contributed by atoms with Gasteiger partial charge in [-0.15, -0.1) is 0 Å². The SMILES string of the molecule is COC(=O)C[C@H](C(=O)NCC[C@H](O)[C@@H](CC(=O)OC(C)(C)C)Cc1ccc(I)cc1)C(C)(C)CF. The van der Waals surface area contributed by atoms with Gasteiger partial charge in [0, 0.05) is 15.5 Å². The standard InChI is InChI=1S/C26H39FINO6/c1-25(2,3)35-23(32)14-18(13-17-7-9-19(28)10-8-17)21(30)11-12-29-24(33)20(15-22(31)34-6)26(4,5)16-27/h7-10,18,20-21,30H,11-16H2,1-6H3,(H,29,33)/t18-,20-,21+/m1/s1. The van der Waals surface area contributed by atoms with Crippen molar-refractivity contribution in [3.8, 4) is 0 Å². The van der Waals surface area contributed by atoms with Crippen molar-refractivity contribution in [1.29, 1.82) is 0 Å². The third-order valence-electron chi connectivity index (χ3n) is 5.75. The lowest BCUT2D eigenvalue weighted by molar-refractivity contribution is -0.157. The van der Waals surface area contributed by atoms with Crippen molar-refractivity contribution in [2.45, 2.75) is 72.0 Å². The quantitative estimate of drug-likeness (QED) is 0.257. The first-order chi connectivity index (χ1) is 16.2. The van der Waals surface area contributed by atoms with Crippen molar-refractivity contribution in [2.24, 2.45) is 17.3 Å². The molecule has 2 N–H and O–H groups in total. The molecule has 1 aromatic carbocycles. The molecule has 0 aromatic heterocycles. The minimum Gasteiger partial charge on any atom is -0.469 e. The van der Waals surface area contributed by atoms with Crippen LogP contribution in [0.15, 0.2) is 24.3 Å². The number of esters is 2. The highest BCUT2D eigenvalue weighted by Crippen LogP contribution is 2.31.